The molecule has 1 amide bonds. The fraction of sp³-hybridized carbons (Fsp3) is 0.409. The molecular formula is C22H25N5O2S. The van der Waals surface area contributed by atoms with E-state index in [2.05, 4.69) is 32.8 Å². The number of Topliss-reactive ketones (excluding diaryl/α,β-unsaturated/α-hetero) is 1. The number of anilines is 1. The van der Waals surface area contributed by atoms with Crippen LogP contribution in [0, 0.1) is 0 Å². The van der Waals surface area contributed by atoms with Gasteiger partial charge < -0.3 is 9.80 Å². The van der Waals surface area contributed by atoms with E-state index in [1.54, 1.807) is 42.2 Å². The molecule has 0 aliphatic carbocycles. The molecule has 1 fully saturated rings. The molecule has 0 spiro atoms. The Bertz CT molecular complexity index is 1030. The number of hydrogen-bond acceptors (Lipinski definition) is 7. The Labute approximate surface area is 179 Å². The number of rotatable bonds is 7. The molecule has 4 rings (SSSR count). The number of aryl methyl sites for hydroxylation is 1. The highest BCUT2D eigenvalue weighted by Gasteiger charge is 2.23. The molecular weight excluding hydrogens is 398 g/mol. The maximum absolute atomic E-state index is 12.6. The van der Waals surface area contributed by atoms with Crippen LogP contribution in [0.15, 0.2) is 36.9 Å². The number of pyridine rings is 1. The van der Waals surface area contributed by atoms with Crippen molar-refractivity contribution in [1.29, 1.82) is 0 Å². The van der Waals surface area contributed by atoms with Gasteiger partial charge in [-0.15, -0.1) is 11.3 Å². The van der Waals surface area contributed by atoms with Crippen LogP contribution >= 0.6 is 11.3 Å². The number of carbonyl (C=O) groups excluding carboxylic acids is 2. The number of thiophene rings is 1. The van der Waals surface area contributed by atoms with Crippen molar-refractivity contribution in [2.75, 3.05) is 31.1 Å². The maximum atomic E-state index is 12.6. The molecule has 30 heavy (non-hydrogen) atoms. The van der Waals surface area contributed by atoms with Crippen molar-refractivity contribution in [3.05, 3.63) is 47.4 Å². The van der Waals surface area contributed by atoms with Crippen molar-refractivity contribution in [2.24, 2.45) is 0 Å². The normalized spacial score (nSPS) is 14.3. The lowest BCUT2D eigenvalue weighted by molar-refractivity contribution is -0.131. The monoisotopic (exact) mass is 423 g/mol. The minimum Gasteiger partial charge on any atom is -0.352 e. The topological polar surface area (TPSA) is 79.3 Å². The largest absolute Gasteiger partial charge is 0.352 e. The zero-order chi connectivity index (χ0) is 20.9. The van der Waals surface area contributed by atoms with Gasteiger partial charge in [0.15, 0.2) is 5.78 Å². The molecule has 7 nitrogen and oxygen atoms in total. The lowest BCUT2D eigenvalue weighted by atomic mass is 10.1. The Morgan fingerprint density at radius 3 is 2.57 bits per heavy atom. The zero-order valence-electron chi connectivity index (χ0n) is 17.1. The highest BCUT2D eigenvalue weighted by atomic mass is 32.1. The molecule has 1 saturated heterocycles. The lowest BCUT2D eigenvalue weighted by Gasteiger charge is -2.35. The molecule has 8 heteroatoms. The average molecular weight is 424 g/mol. The number of piperazine rings is 1. The molecule has 0 N–H and O–H groups in total. The Hall–Kier alpha value is -2.87. The first-order valence-electron chi connectivity index (χ1n) is 10.3. The number of nitrogens with zero attached hydrogens (tertiary/aromatic N) is 5. The maximum Gasteiger partial charge on any atom is 0.222 e. The van der Waals surface area contributed by atoms with Crippen LogP contribution in [0.2, 0.25) is 0 Å². The van der Waals surface area contributed by atoms with Gasteiger partial charge in [-0.2, -0.15) is 0 Å². The zero-order valence-corrected chi connectivity index (χ0v) is 17.9. The Morgan fingerprint density at radius 2 is 1.83 bits per heavy atom. The van der Waals surface area contributed by atoms with Gasteiger partial charge in [0.2, 0.25) is 5.91 Å². The standard InChI is InChI=1S/C22H25N5O2S/c1-2-17-14-18-21(24-15-25-22(18)30-17)27-12-10-26(11-13-27)20(29)5-3-4-19(28)16-6-8-23-9-7-16/h6-9,14-15H,2-5,10-13H2,1H3. The smallest absolute Gasteiger partial charge is 0.222 e. The van der Waals surface area contributed by atoms with Crippen LogP contribution in [-0.2, 0) is 11.2 Å². The van der Waals surface area contributed by atoms with E-state index in [0.29, 0.717) is 37.9 Å². The van der Waals surface area contributed by atoms with Crippen LogP contribution in [0.4, 0.5) is 5.82 Å². The van der Waals surface area contributed by atoms with E-state index in [9.17, 15) is 9.59 Å². The minimum atomic E-state index is 0.0602. The number of aromatic nitrogens is 3. The average Bonchev–Trinajstić information content (AvgIpc) is 3.23. The summed E-state index contributed by atoms with van der Waals surface area (Å²) in [6.07, 6.45) is 7.20. The molecule has 0 radical (unpaired) electrons. The van der Waals surface area contributed by atoms with Gasteiger partial charge in [-0.05, 0) is 31.0 Å². The van der Waals surface area contributed by atoms with Gasteiger partial charge in [-0.25, -0.2) is 9.97 Å². The highest BCUT2D eigenvalue weighted by Crippen LogP contribution is 2.31. The molecule has 3 aromatic rings. The summed E-state index contributed by atoms with van der Waals surface area (Å²) in [5, 5.41) is 1.11. The number of amides is 1. The van der Waals surface area contributed by atoms with Gasteiger partial charge in [-0.3, -0.25) is 14.6 Å². The van der Waals surface area contributed by atoms with Crippen molar-refractivity contribution < 1.29 is 9.59 Å². The van der Waals surface area contributed by atoms with Crippen LogP contribution in [-0.4, -0.2) is 57.7 Å². The second kappa shape index (κ2) is 9.30. The summed E-state index contributed by atoms with van der Waals surface area (Å²) in [5.41, 5.74) is 0.655. The van der Waals surface area contributed by atoms with Crippen molar-refractivity contribution in [1.82, 2.24) is 19.9 Å². The van der Waals surface area contributed by atoms with E-state index in [-0.39, 0.29) is 11.7 Å². The van der Waals surface area contributed by atoms with Crippen LogP contribution in [0.5, 0.6) is 0 Å². The summed E-state index contributed by atoms with van der Waals surface area (Å²) >= 11 is 1.72. The quantitative estimate of drug-likeness (QED) is 0.542. The second-order valence-corrected chi connectivity index (χ2v) is 8.48. The molecule has 4 heterocycles. The second-order valence-electron chi connectivity index (χ2n) is 7.36. The summed E-state index contributed by atoms with van der Waals surface area (Å²) < 4.78 is 0. The SMILES string of the molecule is CCc1cc2c(N3CCN(C(=O)CCCC(=O)c4ccncc4)CC3)ncnc2s1. The molecule has 0 bridgehead atoms. The van der Waals surface area contributed by atoms with E-state index in [1.165, 1.54) is 4.88 Å². The van der Waals surface area contributed by atoms with E-state index in [0.717, 1.165) is 35.5 Å². The predicted molar refractivity (Wildman–Crippen MR) is 118 cm³/mol. The van der Waals surface area contributed by atoms with Crippen LogP contribution < -0.4 is 4.90 Å². The van der Waals surface area contributed by atoms with Gasteiger partial charge in [-0.1, -0.05) is 6.92 Å². The lowest BCUT2D eigenvalue weighted by Crippen LogP contribution is -2.49. The van der Waals surface area contributed by atoms with Gasteiger partial charge in [0.05, 0.1) is 5.39 Å². The number of fused-ring (bicyclic) bond motifs is 1. The molecule has 0 aromatic carbocycles. The van der Waals surface area contributed by atoms with Gasteiger partial charge in [0, 0.05) is 61.9 Å². The summed E-state index contributed by atoms with van der Waals surface area (Å²) in [5.74, 6) is 1.14. The molecule has 156 valence electrons. The van der Waals surface area contributed by atoms with E-state index < -0.39 is 0 Å². The van der Waals surface area contributed by atoms with Crippen molar-refractivity contribution in [2.45, 2.75) is 32.6 Å². The van der Waals surface area contributed by atoms with Gasteiger partial charge >= 0.3 is 0 Å². The third-order valence-corrected chi connectivity index (χ3v) is 6.62. The minimum absolute atomic E-state index is 0.0602. The van der Waals surface area contributed by atoms with E-state index in [4.69, 9.17) is 0 Å². The summed E-state index contributed by atoms with van der Waals surface area (Å²) in [6, 6.07) is 5.61. The molecule has 0 saturated carbocycles. The van der Waals surface area contributed by atoms with Gasteiger partial charge in [0.25, 0.3) is 0 Å². The number of carbonyl (C=O) groups is 2. The van der Waals surface area contributed by atoms with E-state index >= 15 is 0 Å². The van der Waals surface area contributed by atoms with Crippen LogP contribution in [0.3, 0.4) is 0 Å². The first-order valence-corrected chi connectivity index (χ1v) is 11.2. The molecule has 0 unspecified atom stereocenters. The highest BCUT2D eigenvalue weighted by molar-refractivity contribution is 7.18. The third-order valence-electron chi connectivity index (χ3n) is 5.44. The Kier molecular flexibility index (Phi) is 6.32. The number of hydrogen-bond donors (Lipinski definition) is 0. The van der Waals surface area contributed by atoms with E-state index in [1.807, 2.05) is 4.90 Å². The predicted octanol–water partition coefficient (Wildman–Crippen LogP) is 3.35. The first kappa shape index (κ1) is 20.4. The molecule has 1 aliphatic rings. The third kappa shape index (κ3) is 4.48. The Morgan fingerprint density at radius 1 is 1.07 bits per heavy atom. The Balaban J connectivity index is 1.29. The molecule has 3 aromatic heterocycles. The summed E-state index contributed by atoms with van der Waals surface area (Å²) in [7, 11) is 0. The fourth-order valence-electron chi connectivity index (χ4n) is 3.73. The van der Waals surface area contributed by atoms with Crippen LogP contribution in [0.25, 0.3) is 10.2 Å². The van der Waals surface area contributed by atoms with Gasteiger partial charge in [0.1, 0.15) is 17.0 Å². The van der Waals surface area contributed by atoms with Crippen molar-refractivity contribution in [3.63, 3.8) is 0 Å². The van der Waals surface area contributed by atoms with Crippen LogP contribution in [0.1, 0.15) is 41.4 Å². The van der Waals surface area contributed by atoms with Crippen molar-refractivity contribution in [3.8, 4) is 0 Å². The first-order chi connectivity index (χ1) is 14.7. The molecule has 1 aliphatic heterocycles. The summed E-state index contributed by atoms with van der Waals surface area (Å²) in [4.78, 5) is 44.1. The number of ketones is 1. The molecule has 0 atom stereocenters. The van der Waals surface area contributed by atoms with Crippen molar-refractivity contribution >= 4 is 39.1 Å². The fourth-order valence-corrected chi connectivity index (χ4v) is 4.66. The summed E-state index contributed by atoms with van der Waals surface area (Å²) in [6.45, 7) is 5.00.